The summed E-state index contributed by atoms with van der Waals surface area (Å²) < 4.78 is 11.3. The van der Waals surface area contributed by atoms with Crippen LogP contribution in [-0.2, 0) is 6.54 Å². The summed E-state index contributed by atoms with van der Waals surface area (Å²) in [7, 11) is 0. The molecule has 0 fully saturated rings. The molecule has 2 aromatic rings. The molecule has 1 aliphatic rings. The SMILES string of the molecule is Cc1noc(C)c1CN1CC(C)(C)Oc2cccc(N)c21. The molecule has 0 amide bonds. The zero-order valence-corrected chi connectivity index (χ0v) is 12.9. The van der Waals surface area contributed by atoms with Gasteiger partial charge in [-0.2, -0.15) is 0 Å². The van der Waals surface area contributed by atoms with Crippen molar-refractivity contribution >= 4 is 11.4 Å². The number of hydrogen-bond donors (Lipinski definition) is 1. The number of nitrogen functional groups attached to an aromatic ring is 1. The number of fused-ring (bicyclic) bond motifs is 1. The second-order valence-corrected chi connectivity index (χ2v) is 6.21. The molecule has 0 unspecified atom stereocenters. The van der Waals surface area contributed by atoms with E-state index in [0.29, 0.717) is 0 Å². The van der Waals surface area contributed by atoms with E-state index in [1.54, 1.807) is 0 Å². The first kappa shape index (κ1) is 13.8. The molecule has 3 rings (SSSR count). The Morgan fingerprint density at radius 2 is 2.10 bits per heavy atom. The molecule has 0 spiro atoms. The number of nitrogens with zero attached hydrogens (tertiary/aromatic N) is 2. The first-order chi connectivity index (χ1) is 9.87. The lowest BCUT2D eigenvalue weighted by Crippen LogP contribution is -2.46. The van der Waals surface area contributed by atoms with E-state index in [1.807, 2.05) is 32.0 Å². The fraction of sp³-hybridized carbons (Fsp3) is 0.438. The molecule has 5 nitrogen and oxygen atoms in total. The van der Waals surface area contributed by atoms with Gasteiger partial charge < -0.3 is 19.9 Å². The van der Waals surface area contributed by atoms with Crippen LogP contribution in [0.15, 0.2) is 22.7 Å². The highest BCUT2D eigenvalue weighted by atomic mass is 16.5. The average Bonchev–Trinajstić information content (AvgIpc) is 2.69. The molecule has 1 aromatic heterocycles. The van der Waals surface area contributed by atoms with Crippen molar-refractivity contribution in [1.29, 1.82) is 0 Å². The number of anilines is 2. The summed E-state index contributed by atoms with van der Waals surface area (Å²) >= 11 is 0. The summed E-state index contributed by atoms with van der Waals surface area (Å²) in [6, 6.07) is 5.79. The summed E-state index contributed by atoms with van der Waals surface area (Å²) in [6.45, 7) is 9.55. The van der Waals surface area contributed by atoms with Crippen molar-refractivity contribution in [1.82, 2.24) is 5.16 Å². The number of aromatic nitrogens is 1. The summed E-state index contributed by atoms with van der Waals surface area (Å²) in [4.78, 5) is 2.25. The molecule has 21 heavy (non-hydrogen) atoms. The maximum atomic E-state index is 6.16. The Morgan fingerprint density at radius 3 is 2.76 bits per heavy atom. The quantitative estimate of drug-likeness (QED) is 0.860. The van der Waals surface area contributed by atoms with Gasteiger partial charge in [-0.1, -0.05) is 11.2 Å². The first-order valence-corrected chi connectivity index (χ1v) is 7.11. The van der Waals surface area contributed by atoms with Gasteiger partial charge in [0, 0.05) is 12.1 Å². The number of hydrogen-bond acceptors (Lipinski definition) is 5. The molecule has 1 aromatic carbocycles. The zero-order chi connectivity index (χ0) is 15.2. The van der Waals surface area contributed by atoms with E-state index in [9.17, 15) is 0 Å². The zero-order valence-electron chi connectivity index (χ0n) is 12.9. The van der Waals surface area contributed by atoms with Crippen LogP contribution in [-0.4, -0.2) is 17.3 Å². The standard InChI is InChI=1S/C16H21N3O2/c1-10-12(11(2)21-18-10)8-19-9-16(3,4)20-14-7-5-6-13(17)15(14)19/h5-7H,8-9,17H2,1-4H3. The third kappa shape index (κ3) is 2.44. The molecule has 0 aliphatic carbocycles. The third-order valence-corrected chi connectivity index (χ3v) is 3.83. The summed E-state index contributed by atoms with van der Waals surface area (Å²) in [5.74, 6) is 1.69. The molecule has 1 aliphatic heterocycles. The summed E-state index contributed by atoms with van der Waals surface area (Å²) in [5.41, 5.74) is 9.62. The predicted octanol–water partition coefficient (Wildman–Crippen LogP) is 3.05. The van der Waals surface area contributed by atoms with E-state index in [-0.39, 0.29) is 5.60 Å². The minimum Gasteiger partial charge on any atom is -0.484 e. The smallest absolute Gasteiger partial charge is 0.145 e. The molecule has 0 saturated heterocycles. The van der Waals surface area contributed by atoms with Crippen LogP contribution in [0.25, 0.3) is 0 Å². The van der Waals surface area contributed by atoms with Crippen molar-refractivity contribution in [2.75, 3.05) is 17.2 Å². The number of nitrogens with two attached hydrogens (primary N) is 1. The normalized spacial score (nSPS) is 16.5. The van der Waals surface area contributed by atoms with Crippen LogP contribution < -0.4 is 15.4 Å². The lowest BCUT2D eigenvalue weighted by molar-refractivity contribution is 0.105. The van der Waals surface area contributed by atoms with Crippen molar-refractivity contribution in [2.45, 2.75) is 39.8 Å². The van der Waals surface area contributed by atoms with Gasteiger partial charge in [-0.25, -0.2) is 0 Å². The van der Waals surface area contributed by atoms with Crippen molar-refractivity contribution < 1.29 is 9.26 Å². The van der Waals surface area contributed by atoms with Gasteiger partial charge in [-0.3, -0.25) is 0 Å². The molecule has 5 heteroatoms. The number of para-hydroxylation sites is 1. The second kappa shape index (κ2) is 4.69. The number of benzene rings is 1. The van der Waals surface area contributed by atoms with E-state index in [2.05, 4.69) is 23.9 Å². The molecule has 0 radical (unpaired) electrons. The molecule has 0 bridgehead atoms. The number of rotatable bonds is 2. The van der Waals surface area contributed by atoms with Crippen molar-refractivity contribution in [3.8, 4) is 5.75 Å². The Bertz CT molecular complexity index is 657. The Morgan fingerprint density at radius 1 is 1.33 bits per heavy atom. The minimum absolute atomic E-state index is 0.264. The van der Waals surface area contributed by atoms with E-state index >= 15 is 0 Å². The van der Waals surface area contributed by atoms with Gasteiger partial charge in [0.05, 0.1) is 17.9 Å². The highest BCUT2D eigenvalue weighted by molar-refractivity contribution is 5.76. The molecular formula is C16H21N3O2. The number of ether oxygens (including phenoxy) is 1. The van der Waals surface area contributed by atoms with Gasteiger partial charge in [-0.05, 0) is 39.8 Å². The molecule has 2 N–H and O–H groups in total. The second-order valence-electron chi connectivity index (χ2n) is 6.21. The lowest BCUT2D eigenvalue weighted by atomic mass is 10.0. The summed E-state index contributed by atoms with van der Waals surface area (Å²) in [6.07, 6.45) is 0. The van der Waals surface area contributed by atoms with Crippen LogP contribution in [0, 0.1) is 13.8 Å². The third-order valence-electron chi connectivity index (χ3n) is 3.83. The highest BCUT2D eigenvalue weighted by Crippen LogP contribution is 2.41. The van der Waals surface area contributed by atoms with Crippen LogP contribution in [0.4, 0.5) is 11.4 Å². The van der Waals surface area contributed by atoms with Crippen LogP contribution in [0.3, 0.4) is 0 Å². The van der Waals surface area contributed by atoms with Gasteiger partial charge in [0.25, 0.3) is 0 Å². The van der Waals surface area contributed by atoms with Crippen molar-refractivity contribution in [3.05, 3.63) is 35.2 Å². The predicted molar refractivity (Wildman–Crippen MR) is 82.6 cm³/mol. The van der Waals surface area contributed by atoms with Crippen LogP contribution in [0.1, 0.15) is 30.9 Å². The molecule has 0 atom stereocenters. The van der Waals surface area contributed by atoms with E-state index in [4.69, 9.17) is 15.0 Å². The average molecular weight is 287 g/mol. The fourth-order valence-electron chi connectivity index (χ4n) is 2.88. The molecule has 0 saturated carbocycles. The van der Waals surface area contributed by atoms with Crippen molar-refractivity contribution in [3.63, 3.8) is 0 Å². The van der Waals surface area contributed by atoms with Crippen LogP contribution in [0.2, 0.25) is 0 Å². The Hall–Kier alpha value is -2.17. The van der Waals surface area contributed by atoms with Crippen LogP contribution >= 0.6 is 0 Å². The largest absolute Gasteiger partial charge is 0.484 e. The number of aryl methyl sites for hydroxylation is 2. The molecular weight excluding hydrogens is 266 g/mol. The molecule has 2 heterocycles. The Labute approximate surface area is 124 Å². The monoisotopic (exact) mass is 287 g/mol. The van der Waals surface area contributed by atoms with Crippen molar-refractivity contribution in [2.24, 2.45) is 0 Å². The van der Waals surface area contributed by atoms with Crippen LogP contribution in [0.5, 0.6) is 5.75 Å². The van der Waals surface area contributed by atoms with Gasteiger partial charge in [0.1, 0.15) is 22.8 Å². The fourth-order valence-corrected chi connectivity index (χ4v) is 2.88. The Kier molecular flexibility index (Phi) is 3.08. The van der Waals surface area contributed by atoms with Gasteiger partial charge >= 0.3 is 0 Å². The van der Waals surface area contributed by atoms with Gasteiger partial charge in [0.15, 0.2) is 0 Å². The van der Waals surface area contributed by atoms with E-state index in [1.165, 1.54) is 0 Å². The highest BCUT2D eigenvalue weighted by Gasteiger charge is 2.33. The van der Waals surface area contributed by atoms with E-state index in [0.717, 1.165) is 47.2 Å². The van der Waals surface area contributed by atoms with Gasteiger partial charge in [-0.15, -0.1) is 0 Å². The van der Waals surface area contributed by atoms with E-state index < -0.39 is 0 Å². The molecule has 112 valence electrons. The topological polar surface area (TPSA) is 64.5 Å². The first-order valence-electron chi connectivity index (χ1n) is 7.11. The Balaban J connectivity index is 2.03. The minimum atomic E-state index is -0.264. The lowest BCUT2D eigenvalue weighted by Gasteiger charge is -2.41. The maximum Gasteiger partial charge on any atom is 0.145 e. The summed E-state index contributed by atoms with van der Waals surface area (Å²) in [5, 5.41) is 4.03. The maximum absolute atomic E-state index is 6.16. The van der Waals surface area contributed by atoms with Gasteiger partial charge in [0.2, 0.25) is 0 Å².